The standard InChI is InChI=1S/C26H27N3O5S/c1-5-13-34-19-12-11-18(14-20(19)33-6-2)22-21(23(30)17-9-7-15(3)8-10-17)24(31)25(32)29(22)26-28-27-16(4)35-26/h7-12,14,22,30H,5-6,13H2,1-4H3/b23-21+. The first-order chi connectivity index (χ1) is 16.8. The number of hydrogen-bond donors (Lipinski definition) is 1. The van der Waals surface area contributed by atoms with Crippen molar-refractivity contribution in [2.75, 3.05) is 18.1 Å². The van der Waals surface area contributed by atoms with Crippen LogP contribution >= 0.6 is 11.3 Å². The molecule has 8 nitrogen and oxygen atoms in total. The Labute approximate surface area is 207 Å². The van der Waals surface area contributed by atoms with Crippen molar-refractivity contribution < 1.29 is 24.2 Å². The molecule has 1 aliphatic heterocycles. The zero-order chi connectivity index (χ0) is 25.1. The fraction of sp³-hybridized carbons (Fsp3) is 0.308. The van der Waals surface area contributed by atoms with Crippen LogP contribution in [0.1, 0.15) is 48.0 Å². The van der Waals surface area contributed by atoms with Crippen molar-refractivity contribution in [1.82, 2.24) is 10.2 Å². The fourth-order valence-corrected chi connectivity index (χ4v) is 4.60. The summed E-state index contributed by atoms with van der Waals surface area (Å²) in [6, 6.07) is 11.5. The summed E-state index contributed by atoms with van der Waals surface area (Å²) in [5, 5.41) is 20.3. The van der Waals surface area contributed by atoms with E-state index in [2.05, 4.69) is 10.2 Å². The Morgan fingerprint density at radius 1 is 1.03 bits per heavy atom. The zero-order valence-electron chi connectivity index (χ0n) is 20.1. The third-order valence-corrected chi connectivity index (χ3v) is 6.37. The summed E-state index contributed by atoms with van der Waals surface area (Å²) in [4.78, 5) is 27.8. The Morgan fingerprint density at radius 2 is 1.77 bits per heavy atom. The maximum absolute atomic E-state index is 13.3. The smallest absolute Gasteiger partial charge is 0.301 e. The molecule has 182 valence electrons. The molecule has 0 radical (unpaired) electrons. The van der Waals surface area contributed by atoms with Crippen molar-refractivity contribution >= 4 is 33.9 Å². The molecule has 3 aromatic rings. The number of nitrogens with zero attached hydrogens (tertiary/aromatic N) is 3. The molecule has 1 atom stereocenters. The Hall–Kier alpha value is -3.72. The van der Waals surface area contributed by atoms with E-state index in [4.69, 9.17) is 9.47 Å². The first-order valence-electron chi connectivity index (χ1n) is 11.4. The Morgan fingerprint density at radius 3 is 2.40 bits per heavy atom. The highest BCUT2D eigenvalue weighted by molar-refractivity contribution is 7.15. The normalized spacial score (nSPS) is 17.1. The monoisotopic (exact) mass is 493 g/mol. The number of rotatable bonds is 8. The van der Waals surface area contributed by atoms with Gasteiger partial charge in [0.15, 0.2) is 11.5 Å². The van der Waals surface area contributed by atoms with Crippen LogP contribution in [0, 0.1) is 13.8 Å². The van der Waals surface area contributed by atoms with Gasteiger partial charge in [-0.05, 0) is 44.9 Å². The lowest BCUT2D eigenvalue weighted by molar-refractivity contribution is -0.132. The summed E-state index contributed by atoms with van der Waals surface area (Å²) in [7, 11) is 0. The maximum atomic E-state index is 13.3. The van der Waals surface area contributed by atoms with E-state index in [-0.39, 0.29) is 16.5 Å². The van der Waals surface area contributed by atoms with Crippen molar-refractivity contribution in [3.63, 3.8) is 0 Å². The van der Waals surface area contributed by atoms with E-state index in [1.54, 1.807) is 37.3 Å². The molecular formula is C26H27N3O5S. The summed E-state index contributed by atoms with van der Waals surface area (Å²) < 4.78 is 11.6. The van der Waals surface area contributed by atoms with Gasteiger partial charge in [-0.15, -0.1) is 10.2 Å². The molecule has 0 spiro atoms. The van der Waals surface area contributed by atoms with Crippen LogP contribution in [0.25, 0.3) is 5.76 Å². The van der Waals surface area contributed by atoms with Crippen molar-refractivity contribution in [1.29, 1.82) is 0 Å². The number of ether oxygens (including phenoxy) is 2. The lowest BCUT2D eigenvalue weighted by Gasteiger charge is -2.23. The molecule has 1 saturated heterocycles. The van der Waals surface area contributed by atoms with Crippen molar-refractivity contribution in [2.24, 2.45) is 0 Å². The lowest BCUT2D eigenvalue weighted by Crippen LogP contribution is -2.29. The van der Waals surface area contributed by atoms with Gasteiger partial charge in [0, 0.05) is 5.56 Å². The minimum atomic E-state index is -0.914. The van der Waals surface area contributed by atoms with E-state index in [0.717, 1.165) is 12.0 Å². The van der Waals surface area contributed by atoms with Gasteiger partial charge in [-0.25, -0.2) is 0 Å². The van der Waals surface area contributed by atoms with Crippen LogP contribution in [0.5, 0.6) is 11.5 Å². The Bertz CT molecular complexity index is 1280. The average Bonchev–Trinajstić information content (AvgIpc) is 3.39. The number of ketones is 1. The first-order valence-corrected chi connectivity index (χ1v) is 12.2. The minimum absolute atomic E-state index is 0.0172. The Kier molecular flexibility index (Phi) is 7.16. The highest BCUT2D eigenvalue weighted by atomic mass is 32.1. The number of hydrogen-bond acceptors (Lipinski definition) is 8. The molecule has 1 aromatic heterocycles. The molecule has 1 amide bonds. The van der Waals surface area contributed by atoms with E-state index >= 15 is 0 Å². The number of anilines is 1. The third kappa shape index (κ3) is 4.77. The summed E-state index contributed by atoms with van der Waals surface area (Å²) in [5.41, 5.74) is 2.02. The number of aromatic nitrogens is 2. The number of aliphatic hydroxyl groups is 1. The maximum Gasteiger partial charge on any atom is 0.301 e. The van der Waals surface area contributed by atoms with Crippen LogP contribution in [0.15, 0.2) is 48.0 Å². The second kappa shape index (κ2) is 10.3. The van der Waals surface area contributed by atoms with Gasteiger partial charge in [0.25, 0.3) is 5.78 Å². The van der Waals surface area contributed by atoms with Gasteiger partial charge in [-0.1, -0.05) is 54.2 Å². The van der Waals surface area contributed by atoms with E-state index < -0.39 is 17.7 Å². The lowest BCUT2D eigenvalue weighted by atomic mass is 9.95. The van der Waals surface area contributed by atoms with E-state index in [9.17, 15) is 14.7 Å². The van der Waals surface area contributed by atoms with Gasteiger partial charge in [0.05, 0.1) is 24.8 Å². The highest BCUT2D eigenvalue weighted by Gasteiger charge is 2.48. The van der Waals surface area contributed by atoms with Crippen LogP contribution in [-0.2, 0) is 9.59 Å². The minimum Gasteiger partial charge on any atom is -0.507 e. The van der Waals surface area contributed by atoms with Crippen LogP contribution < -0.4 is 14.4 Å². The van der Waals surface area contributed by atoms with Crippen LogP contribution in [-0.4, -0.2) is 40.2 Å². The number of aliphatic hydroxyl groups excluding tert-OH is 1. The second-order valence-electron chi connectivity index (χ2n) is 8.13. The molecule has 1 fully saturated rings. The van der Waals surface area contributed by atoms with Crippen LogP contribution in [0.3, 0.4) is 0 Å². The molecule has 0 saturated carbocycles. The van der Waals surface area contributed by atoms with E-state index in [0.29, 0.717) is 40.8 Å². The molecule has 35 heavy (non-hydrogen) atoms. The molecule has 4 rings (SSSR count). The van der Waals surface area contributed by atoms with E-state index in [1.165, 1.54) is 16.2 Å². The van der Waals surface area contributed by atoms with Crippen LogP contribution in [0.2, 0.25) is 0 Å². The second-order valence-corrected chi connectivity index (χ2v) is 9.29. The van der Waals surface area contributed by atoms with Crippen molar-refractivity contribution in [3.8, 4) is 11.5 Å². The molecule has 1 unspecified atom stereocenters. The van der Waals surface area contributed by atoms with Gasteiger partial charge in [0.2, 0.25) is 5.13 Å². The fourth-order valence-electron chi connectivity index (χ4n) is 3.89. The largest absolute Gasteiger partial charge is 0.507 e. The SMILES string of the molecule is CCCOc1ccc(C2/C(=C(\O)c3ccc(C)cc3)C(=O)C(=O)N2c2nnc(C)s2)cc1OCC. The molecule has 0 aliphatic carbocycles. The predicted octanol–water partition coefficient (Wildman–Crippen LogP) is 4.97. The highest BCUT2D eigenvalue weighted by Crippen LogP contribution is 2.44. The predicted molar refractivity (Wildman–Crippen MR) is 134 cm³/mol. The molecule has 2 heterocycles. The molecule has 2 aromatic carbocycles. The first kappa shape index (κ1) is 24.4. The number of carbonyl (C=O) groups is 2. The van der Waals surface area contributed by atoms with Gasteiger partial charge in [-0.2, -0.15) is 0 Å². The molecular weight excluding hydrogens is 466 g/mol. The topological polar surface area (TPSA) is 102 Å². The average molecular weight is 494 g/mol. The van der Waals surface area contributed by atoms with Gasteiger partial charge < -0.3 is 14.6 Å². The van der Waals surface area contributed by atoms with Gasteiger partial charge in [-0.3, -0.25) is 14.5 Å². The summed E-state index contributed by atoms with van der Waals surface area (Å²) in [5.74, 6) is -0.747. The van der Waals surface area contributed by atoms with Gasteiger partial charge >= 0.3 is 5.91 Å². The number of carbonyl (C=O) groups excluding carboxylic acids is 2. The van der Waals surface area contributed by atoms with Crippen molar-refractivity contribution in [3.05, 3.63) is 69.7 Å². The molecule has 1 N–H and O–H groups in total. The molecule has 1 aliphatic rings. The van der Waals surface area contributed by atoms with Crippen LogP contribution in [0.4, 0.5) is 5.13 Å². The van der Waals surface area contributed by atoms with Gasteiger partial charge in [0.1, 0.15) is 10.8 Å². The number of benzene rings is 2. The summed E-state index contributed by atoms with van der Waals surface area (Å²) in [6.45, 7) is 8.51. The number of Topliss-reactive ketones (excluding diaryl/α,β-unsaturated/α-hetero) is 1. The van der Waals surface area contributed by atoms with E-state index in [1.807, 2.05) is 32.9 Å². The third-order valence-electron chi connectivity index (χ3n) is 5.54. The van der Waals surface area contributed by atoms with Crippen molar-refractivity contribution in [2.45, 2.75) is 40.2 Å². The zero-order valence-corrected chi connectivity index (χ0v) is 20.9. The Balaban J connectivity index is 1.91. The molecule has 0 bridgehead atoms. The quantitative estimate of drug-likeness (QED) is 0.269. The summed E-state index contributed by atoms with van der Waals surface area (Å²) >= 11 is 1.20. The molecule has 9 heteroatoms. The number of aryl methyl sites for hydroxylation is 2. The number of amides is 1. The summed E-state index contributed by atoms with van der Waals surface area (Å²) in [6.07, 6.45) is 0.834.